The van der Waals surface area contributed by atoms with Crippen LogP contribution in [0.4, 0.5) is 0 Å². The number of aliphatic carboxylic acids is 1. The molecule has 6 aliphatic heterocycles. The summed E-state index contributed by atoms with van der Waals surface area (Å²) in [5.74, 6) is -9.41. The van der Waals surface area contributed by atoms with Crippen LogP contribution in [0.25, 0.3) is 0 Å². The van der Waals surface area contributed by atoms with Crippen LogP contribution in [0.1, 0.15) is 160 Å². The van der Waals surface area contributed by atoms with Crippen LogP contribution in [0.15, 0.2) is 30.3 Å². The lowest BCUT2D eigenvalue weighted by molar-refractivity contribution is -0.374. The molecule has 0 saturated carbocycles. The van der Waals surface area contributed by atoms with Crippen molar-refractivity contribution in [3.63, 3.8) is 0 Å². The fourth-order valence-electron chi connectivity index (χ4n) is 13.3. The van der Waals surface area contributed by atoms with Crippen LogP contribution >= 0.6 is 0 Å². The molecule has 0 aliphatic carbocycles. The van der Waals surface area contributed by atoms with Gasteiger partial charge < -0.3 is 68.5 Å². The highest BCUT2D eigenvalue weighted by Gasteiger charge is 2.68. The van der Waals surface area contributed by atoms with Crippen molar-refractivity contribution in [2.45, 2.75) is 249 Å². The lowest BCUT2D eigenvalue weighted by atomic mass is 9.76. The van der Waals surface area contributed by atoms with Crippen molar-refractivity contribution in [1.82, 2.24) is 0 Å². The third kappa shape index (κ3) is 11.5. The first-order valence-electron chi connectivity index (χ1n) is 26.9. The number of esters is 1. The Morgan fingerprint density at radius 3 is 2.18 bits per heavy atom. The Balaban J connectivity index is 1.08. The summed E-state index contributed by atoms with van der Waals surface area (Å²) in [4.78, 5) is 25.7. The fourth-order valence-corrected chi connectivity index (χ4v) is 13.3. The molecule has 6 saturated heterocycles. The van der Waals surface area contributed by atoms with Gasteiger partial charge in [-0.2, -0.15) is 0 Å². The molecule has 0 bridgehead atoms. The second-order valence-corrected chi connectivity index (χ2v) is 23.8. The van der Waals surface area contributed by atoms with Gasteiger partial charge in [-0.05, 0) is 129 Å². The Labute approximate surface area is 421 Å². The third-order valence-electron chi connectivity index (χ3n) is 18.3. The normalized spacial score (nSPS) is 45.9. The molecule has 16 heteroatoms. The highest BCUT2D eigenvalue weighted by atomic mass is 16.7. The van der Waals surface area contributed by atoms with Crippen molar-refractivity contribution in [3.8, 4) is 5.75 Å². The second-order valence-electron chi connectivity index (χ2n) is 23.8. The monoisotopic (exact) mass is 1000 g/mol. The summed E-state index contributed by atoms with van der Waals surface area (Å²) in [6, 6.07) is 8.85. The van der Waals surface area contributed by atoms with Crippen molar-refractivity contribution in [2.75, 3.05) is 6.61 Å². The summed E-state index contributed by atoms with van der Waals surface area (Å²) >= 11 is 0. The highest BCUT2D eigenvalue weighted by molar-refractivity contribution is 5.71. The van der Waals surface area contributed by atoms with Crippen LogP contribution in [-0.2, 0) is 42.7 Å². The topological polar surface area (TPSA) is 229 Å². The number of carbonyl (C=O) groups is 2. The number of aliphatic hydroxyl groups is 5. The smallest absolute Gasteiger partial charge is 0.344 e. The number of para-hydroxylation sites is 1. The molecule has 16 nitrogen and oxygen atoms in total. The van der Waals surface area contributed by atoms with Crippen LogP contribution in [0.3, 0.4) is 0 Å². The molecule has 0 unspecified atom stereocenters. The summed E-state index contributed by atoms with van der Waals surface area (Å²) < 4.78 is 52.0. The number of aliphatic hydroxyl groups excluding tert-OH is 1. The van der Waals surface area contributed by atoms with Crippen molar-refractivity contribution in [2.24, 2.45) is 41.4 Å². The third-order valence-corrected chi connectivity index (χ3v) is 18.3. The Morgan fingerprint density at radius 2 is 1.51 bits per heavy atom. The Hall–Kier alpha value is -2.48. The maximum Gasteiger partial charge on any atom is 0.344 e. The van der Waals surface area contributed by atoms with Crippen LogP contribution in [0, 0.1) is 41.4 Å². The van der Waals surface area contributed by atoms with E-state index in [0.29, 0.717) is 63.5 Å². The van der Waals surface area contributed by atoms with E-state index in [-0.39, 0.29) is 43.1 Å². The molecule has 6 heterocycles. The van der Waals surface area contributed by atoms with Gasteiger partial charge in [0.2, 0.25) is 5.79 Å². The van der Waals surface area contributed by atoms with Gasteiger partial charge in [-0.15, -0.1) is 0 Å². The predicted octanol–water partition coefficient (Wildman–Crippen LogP) is 7.06. The first-order chi connectivity index (χ1) is 33.2. The van der Waals surface area contributed by atoms with Gasteiger partial charge in [-0.1, -0.05) is 66.7 Å². The van der Waals surface area contributed by atoms with E-state index in [4.69, 9.17) is 37.9 Å². The van der Waals surface area contributed by atoms with Crippen molar-refractivity contribution in [3.05, 3.63) is 30.3 Å². The molecule has 404 valence electrons. The predicted molar refractivity (Wildman–Crippen MR) is 261 cm³/mol. The molecular weight excluding hydrogens is 917 g/mol. The minimum Gasteiger partial charge on any atom is -0.482 e. The summed E-state index contributed by atoms with van der Waals surface area (Å²) in [6.45, 7) is 20.3. The molecule has 6 fully saturated rings. The maximum atomic E-state index is 13.9. The van der Waals surface area contributed by atoms with E-state index in [0.717, 1.165) is 6.42 Å². The SMILES string of the molecule is CC[C@@H]1O[C@@H]([C@]2(C)C[C@@H](C)[C@](O)([C@]3(C)CC[C@@H]([C@@H](OC(=O)COc4ccccc4)[C@]4(O)O[C@H](C[C@@]5(O)O[C@@H]([C@@H](C)[C@H](O)C[C@H]6CC[C@H](C)[C@@H]([C@@H](C)C(=O)O)O6)CC[C@@H]5C)[C@@H](C)C[C@H]4C)O3)O2)CC[C@@]1(C)O. The average Bonchev–Trinajstić information content (AvgIpc) is 3.84. The van der Waals surface area contributed by atoms with Gasteiger partial charge in [0.15, 0.2) is 24.3 Å². The number of rotatable bonds is 17. The number of ether oxygens (including phenoxy) is 8. The molecule has 6 N–H and O–H groups in total. The number of carbonyl (C=O) groups excluding carboxylic acids is 1. The highest BCUT2D eigenvalue weighted by Crippen LogP contribution is 2.56. The zero-order valence-corrected chi connectivity index (χ0v) is 44.3. The van der Waals surface area contributed by atoms with Gasteiger partial charge in [-0.3, -0.25) is 4.79 Å². The van der Waals surface area contributed by atoms with Gasteiger partial charge in [0.1, 0.15) is 17.5 Å². The molecule has 1 aromatic rings. The van der Waals surface area contributed by atoms with Gasteiger partial charge >= 0.3 is 11.9 Å². The van der Waals surface area contributed by atoms with E-state index in [1.165, 1.54) is 0 Å². The number of hydrogen-bond acceptors (Lipinski definition) is 15. The lowest BCUT2D eigenvalue weighted by Crippen LogP contribution is -2.64. The summed E-state index contributed by atoms with van der Waals surface area (Å²) in [7, 11) is 0. The molecule has 22 atom stereocenters. The van der Waals surface area contributed by atoms with E-state index in [2.05, 4.69) is 0 Å². The number of carboxylic acids is 1. The Bertz CT molecular complexity index is 1950. The first kappa shape index (κ1) is 56.3. The van der Waals surface area contributed by atoms with Gasteiger partial charge in [0.25, 0.3) is 0 Å². The number of carboxylic acid groups (broad SMARTS) is 1. The lowest BCUT2D eigenvalue weighted by Gasteiger charge is -2.52. The van der Waals surface area contributed by atoms with Crippen molar-refractivity contribution in [1.29, 1.82) is 0 Å². The average molecular weight is 1010 g/mol. The van der Waals surface area contributed by atoms with E-state index in [9.17, 15) is 40.2 Å². The van der Waals surface area contributed by atoms with E-state index < -0.39 is 125 Å². The van der Waals surface area contributed by atoms with E-state index in [1.54, 1.807) is 45.0 Å². The summed E-state index contributed by atoms with van der Waals surface area (Å²) in [5.41, 5.74) is -3.22. The minimum atomic E-state index is -2.14. The Morgan fingerprint density at radius 1 is 0.803 bits per heavy atom. The molecular formula is C55H88O16. The fraction of sp³-hybridized carbons (Fsp3) is 0.855. The zero-order chi connectivity index (χ0) is 52.1. The van der Waals surface area contributed by atoms with Crippen LogP contribution in [-0.4, -0.2) is 138 Å². The quantitative estimate of drug-likeness (QED) is 0.0858. The van der Waals surface area contributed by atoms with Gasteiger partial charge in [0.05, 0.1) is 59.8 Å². The van der Waals surface area contributed by atoms with Crippen LogP contribution in [0.2, 0.25) is 0 Å². The standard InChI is InChI=1S/C55H88O16/c1-12-44-50(9,60)24-23-45(66-44)51(10)28-35(6)55(63,71-51)52(11)25-22-42(68-52)48(67-46(57)30-64-38-16-14-13-15-17-38)54(62)34(5)26-32(3)43(70-54)29-53(61)33(4)19-21-41(69-53)36(7)40(56)27-39-20-18-31(2)47(65-39)37(8)49(58)59/h13-17,31-37,39-45,47-48,56,60-63H,12,18-30H2,1-11H3,(H,58,59)/t31-,32-,33-,34+,35+,36-,37+,39+,40+,41+,42-,43+,44-,45+,47-,48+,50+,51-,52-,53+,54+,55+/m0/s1. The Kier molecular flexibility index (Phi) is 17.1. The molecule has 1 aromatic carbocycles. The summed E-state index contributed by atoms with van der Waals surface area (Å²) in [5, 5.41) is 70.7. The second kappa shape index (κ2) is 21.6. The van der Waals surface area contributed by atoms with Gasteiger partial charge in [-0.25, -0.2) is 4.79 Å². The maximum absolute atomic E-state index is 13.9. The van der Waals surface area contributed by atoms with Crippen LogP contribution < -0.4 is 4.74 Å². The molecule has 71 heavy (non-hydrogen) atoms. The number of benzene rings is 1. The number of hydrogen-bond donors (Lipinski definition) is 6. The summed E-state index contributed by atoms with van der Waals surface area (Å²) in [6.07, 6.45) is -0.00778. The first-order valence-corrected chi connectivity index (χ1v) is 26.9. The zero-order valence-electron chi connectivity index (χ0n) is 44.3. The molecule has 6 aliphatic rings. The van der Waals surface area contributed by atoms with E-state index >= 15 is 0 Å². The molecule has 0 spiro atoms. The molecule has 0 amide bonds. The van der Waals surface area contributed by atoms with Crippen molar-refractivity contribution >= 4 is 11.9 Å². The minimum absolute atomic E-state index is 0.0235. The van der Waals surface area contributed by atoms with Gasteiger partial charge in [0, 0.05) is 30.1 Å². The largest absolute Gasteiger partial charge is 0.482 e. The van der Waals surface area contributed by atoms with Crippen molar-refractivity contribution < 1.29 is 78.1 Å². The molecule has 0 aromatic heterocycles. The molecule has 0 radical (unpaired) electrons. The van der Waals surface area contributed by atoms with Crippen LogP contribution in [0.5, 0.6) is 5.75 Å². The van der Waals surface area contributed by atoms with E-state index in [1.807, 2.05) is 61.5 Å². The molecule has 7 rings (SSSR count).